The summed E-state index contributed by atoms with van der Waals surface area (Å²) in [6, 6.07) is 7.15. The Balaban J connectivity index is 1.74. The lowest BCUT2D eigenvalue weighted by Gasteiger charge is -2.27. The van der Waals surface area contributed by atoms with Gasteiger partial charge in [0.25, 0.3) is 0 Å². The third-order valence-corrected chi connectivity index (χ3v) is 6.11. The molecule has 1 aromatic heterocycles. The van der Waals surface area contributed by atoms with Gasteiger partial charge in [0, 0.05) is 24.7 Å². The molecule has 1 unspecified atom stereocenters. The number of amides is 1. The Morgan fingerprint density at radius 2 is 2.20 bits per heavy atom. The first kappa shape index (κ1) is 17.7. The quantitative estimate of drug-likeness (QED) is 0.738. The number of hydrogen-bond acceptors (Lipinski definition) is 5. The van der Waals surface area contributed by atoms with E-state index in [-0.39, 0.29) is 23.5 Å². The molecule has 2 aromatic rings. The van der Waals surface area contributed by atoms with E-state index >= 15 is 0 Å². The monoisotopic (exact) mass is 362 g/mol. The minimum atomic E-state index is -3.03. The zero-order valence-corrected chi connectivity index (χ0v) is 15.0. The van der Waals surface area contributed by atoms with Crippen LogP contribution in [0, 0.1) is 0 Å². The summed E-state index contributed by atoms with van der Waals surface area (Å²) >= 11 is 0. The highest BCUT2D eigenvalue weighted by Gasteiger charge is 2.33. The van der Waals surface area contributed by atoms with Crippen LogP contribution < -0.4 is 0 Å². The van der Waals surface area contributed by atoms with Crippen molar-refractivity contribution in [2.75, 3.05) is 18.1 Å². The number of aromatic nitrogens is 1. The smallest absolute Gasteiger partial charge is 0.247 e. The van der Waals surface area contributed by atoms with Crippen molar-refractivity contribution in [1.29, 1.82) is 0 Å². The molecule has 0 spiro atoms. The lowest BCUT2D eigenvalue weighted by atomic mass is 10.2. The summed E-state index contributed by atoms with van der Waals surface area (Å²) in [5.74, 6) is 0.378. The maximum atomic E-state index is 12.6. The van der Waals surface area contributed by atoms with Gasteiger partial charge in [-0.05, 0) is 25.0 Å². The zero-order chi connectivity index (χ0) is 17.9. The predicted molar refractivity (Wildman–Crippen MR) is 96.7 cm³/mol. The van der Waals surface area contributed by atoms with E-state index in [1.54, 1.807) is 11.0 Å². The topological polar surface area (TPSA) is 80.5 Å². The van der Waals surface area contributed by atoms with Crippen molar-refractivity contribution < 1.29 is 17.6 Å². The molecule has 1 aliphatic heterocycles. The molecule has 0 saturated carbocycles. The van der Waals surface area contributed by atoms with E-state index in [0.717, 1.165) is 18.4 Å². The Morgan fingerprint density at radius 1 is 1.40 bits per heavy atom. The summed E-state index contributed by atoms with van der Waals surface area (Å²) < 4.78 is 29.1. The fraction of sp³-hybridized carbons (Fsp3) is 0.444. The molecule has 1 amide bonds. The molecule has 1 saturated heterocycles. The van der Waals surface area contributed by atoms with Crippen LogP contribution >= 0.6 is 0 Å². The first-order valence-corrected chi connectivity index (χ1v) is 10.4. The number of fused-ring (bicyclic) bond motifs is 1. The summed E-state index contributed by atoms with van der Waals surface area (Å²) in [6.45, 7) is 2.61. The molecule has 1 fully saturated rings. The molecule has 0 aliphatic carbocycles. The van der Waals surface area contributed by atoms with Crippen molar-refractivity contribution in [3.05, 3.63) is 36.2 Å². The molecule has 0 N–H and O–H groups in total. The van der Waals surface area contributed by atoms with Gasteiger partial charge in [0.1, 0.15) is 5.52 Å². The standard InChI is InChI=1S/C18H22N2O4S/c1-2-3-11-20(14-10-12-25(22,23)13-14)18(21)9-8-17-19-15-6-4-5-7-16(15)24-17/h4-9,14H,2-3,10-13H2,1H3/b9-8+. The predicted octanol–water partition coefficient (Wildman–Crippen LogP) is 2.66. The van der Waals surface area contributed by atoms with Crippen molar-refractivity contribution in [1.82, 2.24) is 9.88 Å². The molecule has 2 heterocycles. The van der Waals surface area contributed by atoms with Crippen LogP contribution in [0.15, 0.2) is 34.8 Å². The van der Waals surface area contributed by atoms with E-state index in [1.165, 1.54) is 6.08 Å². The summed E-state index contributed by atoms with van der Waals surface area (Å²) in [5.41, 5.74) is 1.40. The number of unbranched alkanes of at least 4 members (excludes halogenated alkanes) is 1. The van der Waals surface area contributed by atoms with Gasteiger partial charge in [0.05, 0.1) is 11.5 Å². The van der Waals surface area contributed by atoms with Crippen LogP contribution in [0.5, 0.6) is 0 Å². The van der Waals surface area contributed by atoms with E-state index < -0.39 is 9.84 Å². The van der Waals surface area contributed by atoms with Crippen LogP contribution in [0.4, 0.5) is 0 Å². The summed E-state index contributed by atoms with van der Waals surface area (Å²) in [7, 11) is -3.03. The second-order valence-corrected chi connectivity index (χ2v) is 8.52. The van der Waals surface area contributed by atoms with Gasteiger partial charge < -0.3 is 9.32 Å². The lowest BCUT2D eigenvalue weighted by Crippen LogP contribution is -2.40. The van der Waals surface area contributed by atoms with Crippen molar-refractivity contribution >= 4 is 32.9 Å². The molecular weight excluding hydrogens is 340 g/mol. The summed E-state index contributed by atoms with van der Waals surface area (Å²) in [5, 5.41) is 0. The molecule has 1 aliphatic rings. The maximum absolute atomic E-state index is 12.6. The molecule has 0 radical (unpaired) electrons. The highest BCUT2D eigenvalue weighted by Crippen LogP contribution is 2.20. The van der Waals surface area contributed by atoms with Crippen LogP contribution in [-0.2, 0) is 14.6 Å². The number of oxazole rings is 1. The second kappa shape index (κ2) is 7.39. The van der Waals surface area contributed by atoms with Crippen LogP contribution in [-0.4, -0.2) is 48.3 Å². The van der Waals surface area contributed by atoms with E-state index in [0.29, 0.717) is 24.4 Å². The van der Waals surface area contributed by atoms with Gasteiger partial charge in [-0.1, -0.05) is 25.5 Å². The van der Waals surface area contributed by atoms with Gasteiger partial charge >= 0.3 is 0 Å². The third-order valence-electron chi connectivity index (χ3n) is 4.36. The van der Waals surface area contributed by atoms with Crippen LogP contribution in [0.25, 0.3) is 17.2 Å². The minimum absolute atomic E-state index is 0.0547. The Hall–Kier alpha value is -2.15. The molecule has 0 bridgehead atoms. The largest absolute Gasteiger partial charge is 0.437 e. The fourth-order valence-electron chi connectivity index (χ4n) is 3.02. The minimum Gasteiger partial charge on any atom is -0.437 e. The van der Waals surface area contributed by atoms with E-state index in [4.69, 9.17) is 4.42 Å². The van der Waals surface area contributed by atoms with Crippen LogP contribution in [0.3, 0.4) is 0 Å². The van der Waals surface area contributed by atoms with Gasteiger partial charge in [-0.15, -0.1) is 0 Å². The molecular formula is C18H22N2O4S. The first-order chi connectivity index (χ1) is 12.0. The average Bonchev–Trinajstić information content (AvgIpc) is 3.16. The van der Waals surface area contributed by atoms with Crippen LogP contribution in [0.2, 0.25) is 0 Å². The zero-order valence-electron chi connectivity index (χ0n) is 14.2. The SMILES string of the molecule is CCCCN(C(=O)/C=C/c1nc2ccccc2o1)C1CCS(=O)(=O)C1. The van der Waals surface area contributed by atoms with E-state index in [9.17, 15) is 13.2 Å². The van der Waals surface area contributed by atoms with Crippen molar-refractivity contribution in [2.45, 2.75) is 32.2 Å². The Morgan fingerprint density at radius 3 is 2.88 bits per heavy atom. The average molecular weight is 362 g/mol. The van der Waals surface area contributed by atoms with Gasteiger partial charge in [0.2, 0.25) is 11.8 Å². The second-order valence-electron chi connectivity index (χ2n) is 6.30. The van der Waals surface area contributed by atoms with E-state index in [2.05, 4.69) is 4.98 Å². The van der Waals surface area contributed by atoms with Crippen molar-refractivity contribution in [3.8, 4) is 0 Å². The van der Waals surface area contributed by atoms with E-state index in [1.807, 2.05) is 31.2 Å². The molecule has 134 valence electrons. The molecule has 1 aromatic carbocycles. The van der Waals surface area contributed by atoms with Gasteiger partial charge in [0.15, 0.2) is 15.4 Å². The number of benzene rings is 1. The maximum Gasteiger partial charge on any atom is 0.247 e. The number of carbonyl (C=O) groups is 1. The number of para-hydroxylation sites is 2. The third kappa shape index (κ3) is 4.28. The molecule has 3 rings (SSSR count). The first-order valence-electron chi connectivity index (χ1n) is 8.53. The molecule has 25 heavy (non-hydrogen) atoms. The summed E-state index contributed by atoms with van der Waals surface area (Å²) in [4.78, 5) is 18.6. The van der Waals surface area contributed by atoms with Gasteiger partial charge in [-0.25, -0.2) is 13.4 Å². The number of sulfone groups is 1. The summed E-state index contributed by atoms with van der Waals surface area (Å²) in [6.07, 6.45) is 5.27. The Bertz CT molecular complexity index is 852. The van der Waals surface area contributed by atoms with Crippen LogP contribution in [0.1, 0.15) is 32.1 Å². The molecule has 7 heteroatoms. The van der Waals surface area contributed by atoms with Crippen molar-refractivity contribution in [3.63, 3.8) is 0 Å². The number of nitrogens with zero attached hydrogens (tertiary/aromatic N) is 2. The highest BCUT2D eigenvalue weighted by molar-refractivity contribution is 7.91. The fourth-order valence-corrected chi connectivity index (χ4v) is 4.75. The lowest BCUT2D eigenvalue weighted by molar-refractivity contribution is -0.127. The van der Waals surface area contributed by atoms with Crippen molar-refractivity contribution in [2.24, 2.45) is 0 Å². The Labute approximate surface area is 147 Å². The molecule has 1 atom stereocenters. The number of rotatable bonds is 6. The number of carbonyl (C=O) groups excluding carboxylic acids is 1. The molecule has 6 nitrogen and oxygen atoms in total. The number of hydrogen-bond donors (Lipinski definition) is 0. The highest BCUT2D eigenvalue weighted by atomic mass is 32.2. The normalized spacial score (nSPS) is 19.6. The van der Waals surface area contributed by atoms with Gasteiger partial charge in [-0.3, -0.25) is 4.79 Å². The van der Waals surface area contributed by atoms with Gasteiger partial charge in [-0.2, -0.15) is 0 Å². The Kier molecular flexibility index (Phi) is 5.22.